The highest BCUT2D eigenvalue weighted by Gasteiger charge is 2.16. The third-order valence-electron chi connectivity index (χ3n) is 3.32. The number of anilines is 2. The molecule has 2 aromatic carbocycles. The van der Waals surface area contributed by atoms with Gasteiger partial charge in [0.2, 0.25) is 0 Å². The Labute approximate surface area is 163 Å². The summed E-state index contributed by atoms with van der Waals surface area (Å²) in [7, 11) is 1.52. The van der Waals surface area contributed by atoms with Crippen LogP contribution in [0.5, 0.6) is 0 Å². The van der Waals surface area contributed by atoms with Crippen molar-refractivity contribution in [2.24, 2.45) is 0 Å². The van der Waals surface area contributed by atoms with E-state index in [0.29, 0.717) is 12.3 Å². The number of carbonyl (C=O) groups excluding carboxylic acids is 1. The fraction of sp³-hybridized carbons (Fsp3) is 0.235. The highest BCUT2D eigenvalue weighted by atomic mass is 127. The number of halogens is 3. The first-order chi connectivity index (χ1) is 11.9. The van der Waals surface area contributed by atoms with Gasteiger partial charge in [0, 0.05) is 16.4 Å². The molecule has 0 fully saturated rings. The predicted octanol–water partition coefficient (Wildman–Crippen LogP) is 4.44. The molecule has 0 aliphatic heterocycles. The molecule has 0 aliphatic rings. The van der Waals surface area contributed by atoms with Crippen molar-refractivity contribution in [3.05, 3.63) is 55.9 Å². The molecule has 0 bridgehead atoms. The fourth-order valence-electron chi connectivity index (χ4n) is 2.05. The lowest BCUT2D eigenvalue weighted by atomic mass is 10.1. The number of amides is 1. The van der Waals surface area contributed by atoms with E-state index in [1.807, 2.05) is 25.1 Å². The smallest absolute Gasteiger partial charge is 0.277 e. The average Bonchev–Trinajstić information content (AvgIpc) is 2.57. The van der Waals surface area contributed by atoms with Gasteiger partial charge in [0.25, 0.3) is 5.91 Å². The molecule has 0 spiro atoms. The summed E-state index contributed by atoms with van der Waals surface area (Å²) < 4.78 is 19.8. The van der Waals surface area contributed by atoms with Crippen molar-refractivity contribution in [2.45, 2.75) is 6.92 Å². The summed E-state index contributed by atoms with van der Waals surface area (Å²) in [6, 6.07) is 8.19. The normalized spacial score (nSPS) is 10.6. The number of ether oxygens (including phenoxy) is 1. The van der Waals surface area contributed by atoms with Gasteiger partial charge >= 0.3 is 0 Å². The maximum absolute atomic E-state index is 13.9. The van der Waals surface area contributed by atoms with Gasteiger partial charge in [-0.2, -0.15) is 0 Å². The topological polar surface area (TPSA) is 59.6 Å². The number of methoxy groups -OCH3 is 1. The zero-order valence-electron chi connectivity index (χ0n) is 13.7. The van der Waals surface area contributed by atoms with E-state index in [-0.39, 0.29) is 17.2 Å². The molecule has 2 rings (SSSR count). The molecule has 0 aliphatic carbocycles. The number of hydrogen-bond acceptors (Lipinski definition) is 4. The molecule has 0 saturated heterocycles. The molecule has 2 aromatic rings. The van der Waals surface area contributed by atoms with Gasteiger partial charge in [-0.1, -0.05) is 11.6 Å². The largest absolute Gasteiger partial charge is 0.382 e. The molecule has 2 N–H and O–H groups in total. The summed E-state index contributed by atoms with van der Waals surface area (Å²) in [5, 5.41) is 2.93. The average molecular weight is 479 g/mol. The number of nitrogens with one attached hydrogen (secondary N) is 2. The van der Waals surface area contributed by atoms with Crippen LogP contribution in [0.15, 0.2) is 30.3 Å². The minimum Gasteiger partial charge on any atom is -0.382 e. The monoisotopic (exact) mass is 478 g/mol. The van der Waals surface area contributed by atoms with E-state index in [1.165, 1.54) is 19.2 Å². The van der Waals surface area contributed by atoms with Gasteiger partial charge in [0.05, 0.1) is 29.5 Å². The van der Waals surface area contributed by atoms with Gasteiger partial charge in [0.15, 0.2) is 0 Å². The molecular formula is C17H17ClFIN2O3. The van der Waals surface area contributed by atoms with Crippen molar-refractivity contribution in [3.8, 4) is 0 Å². The third-order valence-corrected chi connectivity index (χ3v) is 4.28. The molecule has 0 saturated carbocycles. The van der Waals surface area contributed by atoms with Gasteiger partial charge in [0.1, 0.15) is 5.82 Å². The van der Waals surface area contributed by atoms with Crippen LogP contribution < -0.4 is 10.8 Å². The predicted molar refractivity (Wildman–Crippen MR) is 104 cm³/mol. The Kier molecular flexibility index (Phi) is 7.42. The number of hydrogen-bond donors (Lipinski definition) is 2. The zero-order chi connectivity index (χ0) is 18.4. The van der Waals surface area contributed by atoms with Crippen molar-refractivity contribution in [2.75, 3.05) is 25.6 Å². The van der Waals surface area contributed by atoms with Crippen LogP contribution >= 0.6 is 34.2 Å². The SMILES string of the molecule is COCCONC(=O)c1cc(Cl)c(F)cc1Nc1ccc(I)cc1C. The Balaban J connectivity index is 2.26. The van der Waals surface area contributed by atoms with Crippen molar-refractivity contribution in [3.63, 3.8) is 0 Å². The Morgan fingerprint density at radius 1 is 1.24 bits per heavy atom. The molecular weight excluding hydrogens is 462 g/mol. The molecule has 0 radical (unpaired) electrons. The Hall–Kier alpha value is -1.42. The summed E-state index contributed by atoms with van der Waals surface area (Å²) in [5.41, 5.74) is 4.47. The molecule has 134 valence electrons. The van der Waals surface area contributed by atoms with Crippen LogP contribution in [-0.4, -0.2) is 26.2 Å². The van der Waals surface area contributed by atoms with Crippen molar-refractivity contribution in [1.82, 2.24) is 5.48 Å². The first-order valence-electron chi connectivity index (χ1n) is 7.35. The Bertz CT molecular complexity index is 774. The second kappa shape index (κ2) is 9.33. The van der Waals surface area contributed by atoms with Gasteiger partial charge < -0.3 is 10.1 Å². The standard InChI is InChI=1S/C17H17ClFIN2O3/c1-10-7-11(20)3-4-15(10)21-16-9-14(19)13(18)8-12(16)17(23)22-25-6-5-24-2/h3-4,7-9,21H,5-6H2,1-2H3,(H,22,23). The van der Waals surface area contributed by atoms with E-state index in [4.69, 9.17) is 21.2 Å². The maximum atomic E-state index is 13.9. The minimum atomic E-state index is -0.621. The number of aryl methyl sites for hydroxylation is 1. The lowest BCUT2D eigenvalue weighted by molar-refractivity contribution is 0.00894. The molecule has 0 unspecified atom stereocenters. The molecule has 0 atom stereocenters. The van der Waals surface area contributed by atoms with E-state index in [2.05, 4.69) is 33.4 Å². The van der Waals surface area contributed by atoms with Crippen molar-refractivity contribution < 1.29 is 18.8 Å². The maximum Gasteiger partial charge on any atom is 0.277 e. The molecule has 1 amide bonds. The van der Waals surface area contributed by atoms with E-state index in [1.54, 1.807) is 0 Å². The zero-order valence-corrected chi connectivity index (χ0v) is 16.6. The van der Waals surface area contributed by atoms with Gasteiger partial charge in [-0.25, -0.2) is 9.87 Å². The third kappa shape index (κ3) is 5.53. The van der Waals surface area contributed by atoms with E-state index in [9.17, 15) is 9.18 Å². The van der Waals surface area contributed by atoms with E-state index >= 15 is 0 Å². The lowest BCUT2D eigenvalue weighted by Crippen LogP contribution is -2.26. The van der Waals surface area contributed by atoms with Gasteiger partial charge in [-0.15, -0.1) is 0 Å². The molecule has 5 nitrogen and oxygen atoms in total. The number of benzene rings is 2. The van der Waals surface area contributed by atoms with Crippen LogP contribution in [0.4, 0.5) is 15.8 Å². The van der Waals surface area contributed by atoms with E-state index < -0.39 is 11.7 Å². The first-order valence-corrected chi connectivity index (χ1v) is 8.81. The van der Waals surface area contributed by atoms with Crippen LogP contribution in [-0.2, 0) is 9.57 Å². The van der Waals surface area contributed by atoms with Gasteiger partial charge in [-0.05, 0) is 65.4 Å². The van der Waals surface area contributed by atoms with Crippen molar-refractivity contribution in [1.29, 1.82) is 0 Å². The molecule has 0 heterocycles. The minimum absolute atomic E-state index is 0.146. The lowest BCUT2D eigenvalue weighted by Gasteiger charge is -2.15. The van der Waals surface area contributed by atoms with Crippen LogP contribution in [0, 0.1) is 16.3 Å². The second-order valence-electron chi connectivity index (χ2n) is 5.17. The van der Waals surface area contributed by atoms with Crippen LogP contribution in [0.2, 0.25) is 5.02 Å². The quantitative estimate of drug-likeness (QED) is 0.351. The summed E-state index contributed by atoms with van der Waals surface area (Å²) in [5.74, 6) is -1.16. The van der Waals surface area contributed by atoms with Crippen LogP contribution in [0.3, 0.4) is 0 Å². The van der Waals surface area contributed by atoms with Crippen LogP contribution in [0.1, 0.15) is 15.9 Å². The summed E-state index contributed by atoms with van der Waals surface area (Å²) in [6.45, 7) is 2.44. The Morgan fingerprint density at radius 2 is 2.00 bits per heavy atom. The molecule has 8 heteroatoms. The highest BCUT2D eigenvalue weighted by molar-refractivity contribution is 14.1. The fourth-order valence-corrected chi connectivity index (χ4v) is 2.86. The number of hydroxylamine groups is 1. The van der Waals surface area contributed by atoms with Crippen molar-refractivity contribution >= 4 is 51.5 Å². The number of rotatable bonds is 7. The summed E-state index contributed by atoms with van der Waals surface area (Å²) in [6.07, 6.45) is 0. The summed E-state index contributed by atoms with van der Waals surface area (Å²) >= 11 is 8.03. The van der Waals surface area contributed by atoms with Gasteiger partial charge in [-0.3, -0.25) is 9.63 Å². The van der Waals surface area contributed by atoms with E-state index in [0.717, 1.165) is 14.8 Å². The molecule has 25 heavy (non-hydrogen) atoms. The number of carbonyl (C=O) groups is 1. The molecule has 0 aromatic heterocycles. The second-order valence-corrected chi connectivity index (χ2v) is 6.82. The highest BCUT2D eigenvalue weighted by Crippen LogP contribution is 2.29. The van der Waals surface area contributed by atoms with Crippen LogP contribution in [0.25, 0.3) is 0 Å². The first kappa shape index (κ1) is 19.9. The summed E-state index contributed by atoms with van der Waals surface area (Å²) in [4.78, 5) is 17.3. The Morgan fingerprint density at radius 3 is 2.68 bits per heavy atom.